The van der Waals surface area contributed by atoms with Crippen molar-refractivity contribution >= 4 is 22.6 Å². The first kappa shape index (κ1) is 21.8. The van der Waals surface area contributed by atoms with Gasteiger partial charge in [-0.05, 0) is 48.4 Å². The maximum absolute atomic E-state index is 13.9. The molecule has 0 saturated carbocycles. The van der Waals surface area contributed by atoms with E-state index in [4.69, 9.17) is 0 Å². The Hall–Kier alpha value is -4.38. The standard InChI is InChI=1S/C25H16F3N3O2/c1-13(25(32)33)30-24-18-11-17(26)7-9-22(18)31-23(19(24)12-29)15-4-2-14(3-5-15)16-6-8-20(27)21(28)10-16/h2-11,13H,1H3,(H,30,31)(H,32,33). The second kappa shape index (κ2) is 8.63. The highest BCUT2D eigenvalue weighted by Crippen LogP contribution is 2.35. The van der Waals surface area contributed by atoms with Crippen molar-refractivity contribution in [2.24, 2.45) is 0 Å². The van der Waals surface area contributed by atoms with Gasteiger partial charge in [0.25, 0.3) is 0 Å². The molecule has 0 aliphatic rings. The summed E-state index contributed by atoms with van der Waals surface area (Å²) in [6.45, 7) is 1.41. The molecule has 1 aromatic heterocycles. The van der Waals surface area contributed by atoms with E-state index in [2.05, 4.69) is 10.3 Å². The van der Waals surface area contributed by atoms with Crippen LogP contribution in [0.3, 0.4) is 0 Å². The van der Waals surface area contributed by atoms with Gasteiger partial charge in [-0.15, -0.1) is 0 Å². The molecule has 5 nitrogen and oxygen atoms in total. The summed E-state index contributed by atoms with van der Waals surface area (Å²) in [5, 5.41) is 22.3. The van der Waals surface area contributed by atoms with E-state index in [9.17, 15) is 28.3 Å². The molecule has 0 amide bonds. The monoisotopic (exact) mass is 447 g/mol. The van der Waals surface area contributed by atoms with Crippen molar-refractivity contribution in [3.8, 4) is 28.5 Å². The normalized spacial score (nSPS) is 11.7. The van der Waals surface area contributed by atoms with Gasteiger partial charge in [0.05, 0.1) is 16.9 Å². The van der Waals surface area contributed by atoms with Gasteiger partial charge < -0.3 is 10.4 Å². The number of hydrogen-bond donors (Lipinski definition) is 2. The first-order valence-corrected chi connectivity index (χ1v) is 9.87. The summed E-state index contributed by atoms with van der Waals surface area (Å²) in [4.78, 5) is 15.9. The SMILES string of the molecule is CC(Nc1c(C#N)c(-c2ccc(-c3ccc(F)c(F)c3)cc2)nc2ccc(F)cc12)C(=O)O. The highest BCUT2D eigenvalue weighted by molar-refractivity contribution is 5.99. The number of carboxylic acids is 1. The Morgan fingerprint density at radius 1 is 0.970 bits per heavy atom. The van der Waals surface area contributed by atoms with Crippen LogP contribution in [0.5, 0.6) is 0 Å². The zero-order valence-electron chi connectivity index (χ0n) is 17.2. The van der Waals surface area contributed by atoms with Crippen molar-refractivity contribution in [1.29, 1.82) is 5.26 Å². The average Bonchev–Trinajstić information content (AvgIpc) is 2.80. The topological polar surface area (TPSA) is 86.0 Å². The van der Waals surface area contributed by atoms with Crippen LogP contribution in [0.25, 0.3) is 33.3 Å². The van der Waals surface area contributed by atoms with Gasteiger partial charge in [0.1, 0.15) is 23.5 Å². The van der Waals surface area contributed by atoms with Gasteiger partial charge in [0.15, 0.2) is 11.6 Å². The number of fused-ring (bicyclic) bond motifs is 1. The number of benzene rings is 3. The van der Waals surface area contributed by atoms with Gasteiger partial charge in [-0.3, -0.25) is 4.79 Å². The zero-order chi connectivity index (χ0) is 23.7. The number of aromatic nitrogens is 1. The lowest BCUT2D eigenvalue weighted by Crippen LogP contribution is -2.26. The number of anilines is 1. The molecule has 0 fully saturated rings. The van der Waals surface area contributed by atoms with E-state index in [0.29, 0.717) is 22.2 Å². The van der Waals surface area contributed by atoms with Crippen LogP contribution in [0, 0.1) is 28.8 Å². The van der Waals surface area contributed by atoms with E-state index < -0.39 is 29.5 Å². The van der Waals surface area contributed by atoms with E-state index in [1.54, 1.807) is 24.3 Å². The minimum atomic E-state index is -1.14. The molecule has 0 spiro atoms. The number of carboxylic acid groups (broad SMARTS) is 1. The molecule has 164 valence electrons. The highest BCUT2D eigenvalue weighted by Gasteiger charge is 2.21. The lowest BCUT2D eigenvalue weighted by atomic mass is 9.98. The van der Waals surface area contributed by atoms with Crippen LogP contribution in [-0.4, -0.2) is 22.1 Å². The second-order valence-electron chi connectivity index (χ2n) is 7.39. The molecule has 3 aromatic carbocycles. The largest absolute Gasteiger partial charge is 0.480 e. The summed E-state index contributed by atoms with van der Waals surface area (Å²) < 4.78 is 40.8. The molecule has 4 aromatic rings. The minimum Gasteiger partial charge on any atom is -0.480 e. The third-order valence-electron chi connectivity index (χ3n) is 5.20. The Bertz CT molecular complexity index is 1430. The molecule has 1 heterocycles. The summed E-state index contributed by atoms with van der Waals surface area (Å²) >= 11 is 0. The van der Waals surface area contributed by atoms with Crippen LogP contribution >= 0.6 is 0 Å². The van der Waals surface area contributed by atoms with Crippen molar-refractivity contribution in [3.05, 3.63) is 83.7 Å². The van der Waals surface area contributed by atoms with Crippen LogP contribution in [0.15, 0.2) is 60.7 Å². The van der Waals surface area contributed by atoms with Crippen LogP contribution < -0.4 is 5.32 Å². The third-order valence-corrected chi connectivity index (χ3v) is 5.20. The zero-order valence-corrected chi connectivity index (χ0v) is 17.2. The molecule has 0 aliphatic heterocycles. The predicted molar refractivity (Wildman–Crippen MR) is 118 cm³/mol. The fourth-order valence-electron chi connectivity index (χ4n) is 3.48. The quantitative estimate of drug-likeness (QED) is 0.407. The molecule has 0 bridgehead atoms. The summed E-state index contributed by atoms with van der Waals surface area (Å²) in [7, 11) is 0. The molecular formula is C25H16F3N3O2. The number of nitriles is 1. The van der Waals surface area contributed by atoms with E-state index in [1.165, 1.54) is 31.2 Å². The van der Waals surface area contributed by atoms with Crippen molar-refractivity contribution in [2.45, 2.75) is 13.0 Å². The number of aliphatic carboxylic acids is 1. The Morgan fingerprint density at radius 3 is 2.27 bits per heavy atom. The first-order valence-electron chi connectivity index (χ1n) is 9.87. The molecule has 4 rings (SSSR count). The molecule has 0 saturated heterocycles. The molecule has 33 heavy (non-hydrogen) atoms. The molecule has 8 heteroatoms. The maximum atomic E-state index is 13.9. The highest BCUT2D eigenvalue weighted by atomic mass is 19.2. The first-order chi connectivity index (χ1) is 15.8. The number of hydrogen-bond acceptors (Lipinski definition) is 4. The molecule has 2 N–H and O–H groups in total. The van der Waals surface area contributed by atoms with Crippen LogP contribution in [0.2, 0.25) is 0 Å². The van der Waals surface area contributed by atoms with Crippen molar-refractivity contribution < 1.29 is 23.1 Å². The molecular weight excluding hydrogens is 431 g/mol. The van der Waals surface area contributed by atoms with Gasteiger partial charge in [-0.25, -0.2) is 18.2 Å². The Kier molecular flexibility index (Phi) is 5.71. The Labute approximate surface area is 186 Å². The van der Waals surface area contributed by atoms with Crippen molar-refractivity contribution in [1.82, 2.24) is 4.98 Å². The van der Waals surface area contributed by atoms with Gasteiger partial charge in [-0.2, -0.15) is 5.26 Å². The Balaban J connectivity index is 1.86. The van der Waals surface area contributed by atoms with Crippen LogP contribution in [0.4, 0.5) is 18.9 Å². The van der Waals surface area contributed by atoms with Crippen LogP contribution in [0.1, 0.15) is 12.5 Å². The molecule has 0 aliphatic carbocycles. The third kappa shape index (κ3) is 4.21. The number of nitrogens with one attached hydrogen (secondary N) is 1. The fraction of sp³-hybridized carbons (Fsp3) is 0.0800. The lowest BCUT2D eigenvalue weighted by molar-refractivity contribution is -0.137. The van der Waals surface area contributed by atoms with E-state index >= 15 is 0 Å². The van der Waals surface area contributed by atoms with Gasteiger partial charge in [0.2, 0.25) is 0 Å². The molecule has 1 atom stereocenters. The van der Waals surface area contributed by atoms with Crippen molar-refractivity contribution in [2.75, 3.05) is 5.32 Å². The number of rotatable bonds is 5. The molecule has 1 unspecified atom stereocenters. The van der Waals surface area contributed by atoms with Gasteiger partial charge in [-0.1, -0.05) is 30.3 Å². The van der Waals surface area contributed by atoms with Gasteiger partial charge in [0, 0.05) is 10.9 Å². The van der Waals surface area contributed by atoms with Crippen molar-refractivity contribution in [3.63, 3.8) is 0 Å². The van der Waals surface area contributed by atoms with Gasteiger partial charge >= 0.3 is 5.97 Å². The second-order valence-corrected chi connectivity index (χ2v) is 7.39. The predicted octanol–water partition coefficient (Wildman–Crippen LogP) is 5.74. The van der Waals surface area contributed by atoms with E-state index in [1.807, 2.05) is 6.07 Å². The number of pyridine rings is 1. The summed E-state index contributed by atoms with van der Waals surface area (Å²) in [5.41, 5.74) is 2.50. The summed E-state index contributed by atoms with van der Waals surface area (Å²) in [6.07, 6.45) is 0. The summed E-state index contributed by atoms with van der Waals surface area (Å²) in [5.74, 6) is -3.60. The van der Waals surface area contributed by atoms with Crippen LogP contribution in [-0.2, 0) is 4.79 Å². The average molecular weight is 447 g/mol. The smallest absolute Gasteiger partial charge is 0.325 e. The minimum absolute atomic E-state index is 0.0572. The number of halogens is 3. The van der Waals surface area contributed by atoms with E-state index in [-0.39, 0.29) is 22.3 Å². The van der Waals surface area contributed by atoms with E-state index in [0.717, 1.165) is 12.1 Å². The molecule has 0 radical (unpaired) electrons. The number of nitrogens with zero attached hydrogens (tertiary/aromatic N) is 2. The number of carbonyl (C=O) groups is 1. The lowest BCUT2D eigenvalue weighted by Gasteiger charge is -2.17. The summed E-state index contributed by atoms with van der Waals surface area (Å²) in [6, 6.07) is 15.1. The maximum Gasteiger partial charge on any atom is 0.325 e. The Morgan fingerprint density at radius 2 is 1.64 bits per heavy atom. The fourth-order valence-corrected chi connectivity index (χ4v) is 3.48.